The van der Waals surface area contributed by atoms with Crippen LogP contribution in [0.4, 0.5) is 0 Å². The molecule has 0 atom stereocenters. The van der Waals surface area contributed by atoms with Crippen LogP contribution in [0.3, 0.4) is 0 Å². The average molecular weight is 317 g/mol. The van der Waals surface area contributed by atoms with Gasteiger partial charge in [-0.05, 0) is 25.5 Å². The molecule has 0 spiro atoms. The zero-order chi connectivity index (χ0) is 15.4. The molecule has 3 rings (SSSR count). The van der Waals surface area contributed by atoms with Crippen molar-refractivity contribution in [2.75, 3.05) is 13.2 Å². The summed E-state index contributed by atoms with van der Waals surface area (Å²) in [5.41, 5.74) is 2.37. The normalized spacial score (nSPS) is 15.5. The van der Waals surface area contributed by atoms with Gasteiger partial charge in [0.1, 0.15) is 0 Å². The predicted octanol–water partition coefficient (Wildman–Crippen LogP) is 3.36. The molecule has 4 nitrogen and oxygen atoms in total. The number of rotatable bonds is 6. The fourth-order valence-corrected chi connectivity index (χ4v) is 3.80. The molecule has 0 radical (unpaired) electrons. The van der Waals surface area contributed by atoms with E-state index in [4.69, 9.17) is 4.74 Å². The lowest BCUT2D eigenvalue weighted by Crippen LogP contribution is -2.23. The maximum absolute atomic E-state index is 5.58. The minimum absolute atomic E-state index is 0.570. The lowest BCUT2D eigenvalue weighted by Gasteiger charge is -2.19. The molecule has 0 aliphatic carbocycles. The summed E-state index contributed by atoms with van der Waals surface area (Å²) in [4.78, 5) is 9.88. The molecule has 0 N–H and O–H groups in total. The third-order valence-corrected chi connectivity index (χ3v) is 4.91. The molecule has 0 bridgehead atoms. The first kappa shape index (κ1) is 15.5. The Labute approximate surface area is 136 Å². The molecule has 0 fully saturated rings. The summed E-state index contributed by atoms with van der Waals surface area (Å²) in [6.45, 7) is 11.1. The summed E-state index contributed by atoms with van der Waals surface area (Å²) in [7, 11) is 0. The molecule has 2 aromatic heterocycles. The molecule has 1 aliphatic rings. The standard InChI is InChI=1S/C17H23N3OS/c1-3-9-21-12-16-17-11-19(7-4-8-20(17)13-18-16)10-15-6-5-14(2)22-15/h3,5-6,13H,1,4,7-12H2,2H3. The Morgan fingerprint density at radius 3 is 3.09 bits per heavy atom. The van der Waals surface area contributed by atoms with Crippen molar-refractivity contribution < 1.29 is 4.74 Å². The number of aromatic nitrogens is 2. The lowest BCUT2D eigenvalue weighted by atomic mass is 10.3. The number of imidazole rings is 1. The van der Waals surface area contributed by atoms with Crippen molar-refractivity contribution in [1.82, 2.24) is 14.5 Å². The summed E-state index contributed by atoms with van der Waals surface area (Å²) in [5.74, 6) is 0. The highest BCUT2D eigenvalue weighted by molar-refractivity contribution is 7.11. The number of aryl methyl sites for hydroxylation is 2. The zero-order valence-electron chi connectivity index (χ0n) is 13.1. The minimum atomic E-state index is 0.570. The molecular weight excluding hydrogens is 294 g/mol. The lowest BCUT2D eigenvalue weighted by molar-refractivity contribution is 0.144. The second-order valence-electron chi connectivity index (χ2n) is 5.71. The highest BCUT2D eigenvalue weighted by Crippen LogP contribution is 2.22. The Morgan fingerprint density at radius 1 is 1.41 bits per heavy atom. The Morgan fingerprint density at radius 2 is 2.32 bits per heavy atom. The summed E-state index contributed by atoms with van der Waals surface area (Å²) >= 11 is 1.89. The smallest absolute Gasteiger partial charge is 0.0953 e. The first-order valence-electron chi connectivity index (χ1n) is 7.75. The van der Waals surface area contributed by atoms with E-state index in [1.54, 1.807) is 6.08 Å². The highest BCUT2D eigenvalue weighted by atomic mass is 32.1. The van der Waals surface area contributed by atoms with E-state index in [1.807, 2.05) is 17.7 Å². The van der Waals surface area contributed by atoms with Gasteiger partial charge in [0.15, 0.2) is 0 Å². The van der Waals surface area contributed by atoms with Gasteiger partial charge < -0.3 is 9.30 Å². The maximum Gasteiger partial charge on any atom is 0.0953 e. The first-order valence-corrected chi connectivity index (χ1v) is 8.57. The topological polar surface area (TPSA) is 30.3 Å². The van der Waals surface area contributed by atoms with E-state index in [2.05, 4.69) is 40.1 Å². The van der Waals surface area contributed by atoms with Crippen LogP contribution in [0.25, 0.3) is 0 Å². The monoisotopic (exact) mass is 317 g/mol. The van der Waals surface area contributed by atoms with Crippen LogP contribution in [0.1, 0.15) is 27.6 Å². The quantitative estimate of drug-likeness (QED) is 0.604. The van der Waals surface area contributed by atoms with Crippen LogP contribution in [0.15, 0.2) is 31.1 Å². The zero-order valence-corrected chi connectivity index (χ0v) is 13.9. The van der Waals surface area contributed by atoms with Crippen molar-refractivity contribution in [2.45, 2.75) is 39.6 Å². The maximum atomic E-state index is 5.58. The van der Waals surface area contributed by atoms with E-state index in [9.17, 15) is 0 Å². The number of ether oxygens (including phenoxy) is 1. The van der Waals surface area contributed by atoms with Crippen molar-refractivity contribution in [2.24, 2.45) is 0 Å². The number of fused-ring (bicyclic) bond motifs is 1. The van der Waals surface area contributed by atoms with Crippen LogP contribution in [-0.2, 0) is 31.0 Å². The summed E-state index contributed by atoms with van der Waals surface area (Å²) in [6.07, 6.45) is 4.90. The first-order chi connectivity index (χ1) is 10.8. The third-order valence-electron chi connectivity index (χ3n) is 3.93. The molecule has 0 saturated heterocycles. The summed E-state index contributed by atoms with van der Waals surface area (Å²) in [6, 6.07) is 4.45. The van der Waals surface area contributed by atoms with Crippen LogP contribution in [0.5, 0.6) is 0 Å². The van der Waals surface area contributed by atoms with Gasteiger partial charge in [-0.15, -0.1) is 17.9 Å². The molecule has 0 aromatic carbocycles. The minimum Gasteiger partial charge on any atom is -0.371 e. The van der Waals surface area contributed by atoms with Crippen LogP contribution >= 0.6 is 11.3 Å². The number of nitrogens with zero attached hydrogens (tertiary/aromatic N) is 3. The Bertz CT molecular complexity index is 632. The summed E-state index contributed by atoms with van der Waals surface area (Å²) in [5, 5.41) is 0. The largest absolute Gasteiger partial charge is 0.371 e. The molecule has 3 heterocycles. The van der Waals surface area contributed by atoms with Gasteiger partial charge in [-0.3, -0.25) is 4.90 Å². The fourth-order valence-electron chi connectivity index (χ4n) is 2.86. The van der Waals surface area contributed by atoms with E-state index in [0.717, 1.165) is 31.9 Å². The van der Waals surface area contributed by atoms with E-state index in [-0.39, 0.29) is 0 Å². The van der Waals surface area contributed by atoms with Gasteiger partial charge in [0.05, 0.1) is 30.9 Å². The Hall–Kier alpha value is -1.43. The second-order valence-corrected chi connectivity index (χ2v) is 7.08. The summed E-state index contributed by atoms with van der Waals surface area (Å²) < 4.78 is 7.86. The molecule has 118 valence electrons. The number of thiophene rings is 1. The average Bonchev–Trinajstić information content (AvgIpc) is 3.01. The molecule has 5 heteroatoms. The Balaban J connectivity index is 1.70. The van der Waals surface area contributed by atoms with E-state index in [1.165, 1.54) is 21.9 Å². The fraction of sp³-hybridized carbons (Fsp3) is 0.471. The van der Waals surface area contributed by atoms with Gasteiger partial charge >= 0.3 is 0 Å². The molecule has 0 amide bonds. The van der Waals surface area contributed by atoms with Gasteiger partial charge in [-0.25, -0.2) is 4.98 Å². The van der Waals surface area contributed by atoms with Crippen molar-refractivity contribution in [3.8, 4) is 0 Å². The van der Waals surface area contributed by atoms with Crippen LogP contribution in [0, 0.1) is 6.92 Å². The van der Waals surface area contributed by atoms with Gasteiger partial charge in [0.25, 0.3) is 0 Å². The van der Waals surface area contributed by atoms with Gasteiger partial charge in [-0.1, -0.05) is 6.08 Å². The molecule has 0 unspecified atom stereocenters. The van der Waals surface area contributed by atoms with Crippen LogP contribution in [0.2, 0.25) is 0 Å². The van der Waals surface area contributed by atoms with Gasteiger partial charge in [0, 0.05) is 35.9 Å². The number of hydrogen-bond acceptors (Lipinski definition) is 4. The Kier molecular flexibility index (Phi) is 5.08. The molecular formula is C17H23N3OS. The van der Waals surface area contributed by atoms with Crippen molar-refractivity contribution in [3.05, 3.63) is 52.3 Å². The van der Waals surface area contributed by atoms with E-state index >= 15 is 0 Å². The van der Waals surface area contributed by atoms with Crippen molar-refractivity contribution in [3.63, 3.8) is 0 Å². The van der Waals surface area contributed by atoms with E-state index in [0.29, 0.717) is 13.2 Å². The molecule has 0 saturated carbocycles. The molecule has 1 aliphatic heterocycles. The van der Waals surface area contributed by atoms with Crippen molar-refractivity contribution >= 4 is 11.3 Å². The molecule has 2 aromatic rings. The van der Waals surface area contributed by atoms with Crippen LogP contribution < -0.4 is 0 Å². The number of hydrogen-bond donors (Lipinski definition) is 0. The third kappa shape index (κ3) is 3.66. The SMILES string of the molecule is C=CCOCc1ncn2c1CN(Cc1ccc(C)s1)CCC2. The van der Waals surface area contributed by atoms with Crippen LogP contribution in [-0.4, -0.2) is 27.6 Å². The molecule has 22 heavy (non-hydrogen) atoms. The highest BCUT2D eigenvalue weighted by Gasteiger charge is 2.19. The van der Waals surface area contributed by atoms with Gasteiger partial charge in [-0.2, -0.15) is 0 Å². The van der Waals surface area contributed by atoms with Crippen molar-refractivity contribution in [1.29, 1.82) is 0 Å². The van der Waals surface area contributed by atoms with E-state index < -0.39 is 0 Å². The predicted molar refractivity (Wildman–Crippen MR) is 89.9 cm³/mol. The van der Waals surface area contributed by atoms with Gasteiger partial charge in [0.2, 0.25) is 0 Å². The second kappa shape index (κ2) is 7.22.